The molecule has 1 aromatic carbocycles. The molecule has 0 radical (unpaired) electrons. The Hall–Kier alpha value is -1.12. The van der Waals surface area contributed by atoms with Crippen LogP contribution in [0, 0.1) is 0 Å². The normalized spacial score (nSPS) is 28.7. The first-order chi connectivity index (χ1) is 7.03. The van der Waals surface area contributed by atoms with Crippen molar-refractivity contribution in [3.05, 3.63) is 47.0 Å². The molecule has 0 aliphatic heterocycles. The van der Waals surface area contributed by atoms with Crippen molar-refractivity contribution < 1.29 is 5.11 Å². The van der Waals surface area contributed by atoms with E-state index in [4.69, 9.17) is 5.73 Å². The fourth-order valence-electron chi connectivity index (χ4n) is 2.38. The summed E-state index contributed by atoms with van der Waals surface area (Å²) in [5, 5.41) is 10.5. The lowest BCUT2D eigenvalue weighted by molar-refractivity contribution is 0.0854. The van der Waals surface area contributed by atoms with Crippen molar-refractivity contribution in [3.63, 3.8) is 0 Å². The van der Waals surface area contributed by atoms with Gasteiger partial charge in [-0.3, -0.25) is 0 Å². The van der Waals surface area contributed by atoms with Crippen molar-refractivity contribution in [1.82, 2.24) is 0 Å². The Kier molecular flexibility index (Phi) is 2.41. The highest BCUT2D eigenvalue weighted by Crippen LogP contribution is 2.43. The average molecular weight is 203 g/mol. The maximum Gasteiger partial charge on any atom is 0.110 e. The zero-order chi connectivity index (χ0) is 11.1. The molecule has 2 nitrogen and oxygen atoms in total. The van der Waals surface area contributed by atoms with Crippen LogP contribution in [0.3, 0.4) is 0 Å². The summed E-state index contributed by atoms with van der Waals surface area (Å²) in [5.74, 6) is 0. The van der Waals surface area contributed by atoms with E-state index >= 15 is 0 Å². The van der Waals surface area contributed by atoms with Gasteiger partial charge < -0.3 is 10.8 Å². The number of benzene rings is 1. The zero-order valence-electron chi connectivity index (χ0n) is 9.20. The third-order valence-corrected chi connectivity index (χ3v) is 2.89. The second kappa shape index (κ2) is 3.47. The molecule has 2 unspecified atom stereocenters. The standard InChI is InChI=1S/C13H17NO/c1-9(2)7-13(15)8-12(14)10-5-3-4-6-11(10)13/h3-7,12,15H,8,14H2,1-2H3. The first-order valence-corrected chi connectivity index (χ1v) is 5.26. The number of allylic oxidation sites excluding steroid dienone is 1. The molecule has 0 saturated heterocycles. The largest absolute Gasteiger partial charge is 0.381 e. The van der Waals surface area contributed by atoms with Gasteiger partial charge in [0.2, 0.25) is 0 Å². The van der Waals surface area contributed by atoms with Gasteiger partial charge in [-0.25, -0.2) is 0 Å². The van der Waals surface area contributed by atoms with Crippen LogP contribution in [-0.4, -0.2) is 5.11 Å². The molecule has 0 spiro atoms. The fraction of sp³-hybridized carbons (Fsp3) is 0.385. The van der Waals surface area contributed by atoms with Gasteiger partial charge in [0.15, 0.2) is 0 Å². The molecule has 1 aliphatic carbocycles. The molecule has 0 amide bonds. The van der Waals surface area contributed by atoms with Crippen LogP contribution in [0.4, 0.5) is 0 Å². The topological polar surface area (TPSA) is 46.2 Å². The molecule has 1 aliphatic rings. The van der Waals surface area contributed by atoms with E-state index < -0.39 is 5.60 Å². The lowest BCUT2D eigenvalue weighted by Gasteiger charge is -2.20. The Balaban J connectivity index is 2.53. The summed E-state index contributed by atoms with van der Waals surface area (Å²) in [5.41, 5.74) is 8.28. The van der Waals surface area contributed by atoms with Crippen molar-refractivity contribution in [2.75, 3.05) is 0 Å². The molecular weight excluding hydrogens is 186 g/mol. The molecule has 80 valence electrons. The van der Waals surface area contributed by atoms with Crippen molar-refractivity contribution >= 4 is 0 Å². The lowest BCUT2D eigenvalue weighted by atomic mass is 9.94. The Morgan fingerprint density at radius 2 is 2.13 bits per heavy atom. The van der Waals surface area contributed by atoms with Crippen LogP contribution in [0.15, 0.2) is 35.9 Å². The molecule has 0 heterocycles. The van der Waals surface area contributed by atoms with E-state index in [2.05, 4.69) is 0 Å². The van der Waals surface area contributed by atoms with Gasteiger partial charge in [-0.05, 0) is 31.1 Å². The Morgan fingerprint density at radius 3 is 2.80 bits per heavy atom. The number of hydrogen-bond acceptors (Lipinski definition) is 2. The van der Waals surface area contributed by atoms with E-state index in [1.54, 1.807) is 0 Å². The Labute approximate surface area is 90.4 Å². The second-order valence-corrected chi connectivity index (χ2v) is 4.54. The Bertz CT molecular complexity index is 407. The van der Waals surface area contributed by atoms with Gasteiger partial charge in [-0.1, -0.05) is 29.8 Å². The fourth-order valence-corrected chi connectivity index (χ4v) is 2.38. The van der Waals surface area contributed by atoms with E-state index in [9.17, 15) is 5.11 Å². The monoisotopic (exact) mass is 203 g/mol. The van der Waals surface area contributed by atoms with Crippen LogP contribution < -0.4 is 5.73 Å². The van der Waals surface area contributed by atoms with Crippen molar-refractivity contribution in [1.29, 1.82) is 0 Å². The molecule has 2 rings (SSSR count). The summed E-state index contributed by atoms with van der Waals surface area (Å²) >= 11 is 0. The number of aliphatic hydroxyl groups is 1. The van der Waals surface area contributed by atoms with Crippen LogP contribution in [0.5, 0.6) is 0 Å². The summed E-state index contributed by atoms with van der Waals surface area (Å²) in [6.45, 7) is 3.98. The molecule has 0 fully saturated rings. The smallest absolute Gasteiger partial charge is 0.110 e. The molecule has 2 heteroatoms. The first kappa shape index (κ1) is 10.4. The van der Waals surface area contributed by atoms with E-state index in [1.165, 1.54) is 0 Å². The summed E-state index contributed by atoms with van der Waals surface area (Å²) in [4.78, 5) is 0. The van der Waals surface area contributed by atoms with Crippen LogP contribution in [0.1, 0.15) is 37.4 Å². The lowest BCUT2D eigenvalue weighted by Crippen LogP contribution is -2.20. The highest BCUT2D eigenvalue weighted by Gasteiger charge is 2.38. The molecule has 0 aromatic heterocycles. The predicted octanol–water partition coefficient (Wildman–Crippen LogP) is 2.24. The van der Waals surface area contributed by atoms with Crippen LogP contribution in [0.25, 0.3) is 0 Å². The average Bonchev–Trinajstić information content (AvgIpc) is 2.39. The van der Waals surface area contributed by atoms with Gasteiger partial charge in [0.05, 0.1) is 0 Å². The summed E-state index contributed by atoms with van der Waals surface area (Å²) in [6, 6.07) is 7.81. The number of fused-ring (bicyclic) bond motifs is 1. The molecule has 1 aromatic rings. The van der Waals surface area contributed by atoms with Crippen molar-refractivity contribution in [2.24, 2.45) is 5.73 Å². The third-order valence-electron chi connectivity index (χ3n) is 2.89. The summed E-state index contributed by atoms with van der Waals surface area (Å²) < 4.78 is 0. The van der Waals surface area contributed by atoms with E-state index in [1.807, 2.05) is 44.2 Å². The molecule has 2 atom stereocenters. The minimum absolute atomic E-state index is 0.0539. The maximum absolute atomic E-state index is 10.5. The minimum atomic E-state index is -0.866. The highest BCUT2D eigenvalue weighted by atomic mass is 16.3. The molecule has 0 bridgehead atoms. The van der Waals surface area contributed by atoms with E-state index in [-0.39, 0.29) is 6.04 Å². The molecular formula is C13H17NO. The minimum Gasteiger partial charge on any atom is -0.381 e. The van der Waals surface area contributed by atoms with Gasteiger partial charge in [-0.2, -0.15) is 0 Å². The summed E-state index contributed by atoms with van der Waals surface area (Å²) in [6.07, 6.45) is 2.48. The van der Waals surface area contributed by atoms with Crippen molar-refractivity contribution in [2.45, 2.75) is 31.9 Å². The SMILES string of the molecule is CC(C)=CC1(O)CC(N)c2ccccc21. The predicted molar refractivity (Wildman–Crippen MR) is 61.3 cm³/mol. The van der Waals surface area contributed by atoms with E-state index in [0.717, 1.165) is 16.7 Å². The van der Waals surface area contributed by atoms with Gasteiger partial charge in [-0.15, -0.1) is 0 Å². The molecule has 3 N–H and O–H groups in total. The van der Waals surface area contributed by atoms with Crippen LogP contribution in [-0.2, 0) is 5.60 Å². The number of hydrogen-bond donors (Lipinski definition) is 2. The molecule has 0 saturated carbocycles. The second-order valence-electron chi connectivity index (χ2n) is 4.54. The quantitative estimate of drug-likeness (QED) is 0.688. The van der Waals surface area contributed by atoms with Gasteiger partial charge in [0, 0.05) is 12.5 Å². The van der Waals surface area contributed by atoms with Crippen molar-refractivity contribution in [3.8, 4) is 0 Å². The van der Waals surface area contributed by atoms with Crippen LogP contribution in [0.2, 0.25) is 0 Å². The van der Waals surface area contributed by atoms with Crippen LogP contribution >= 0.6 is 0 Å². The van der Waals surface area contributed by atoms with E-state index in [0.29, 0.717) is 6.42 Å². The number of rotatable bonds is 1. The zero-order valence-corrected chi connectivity index (χ0v) is 9.20. The highest BCUT2D eigenvalue weighted by molar-refractivity contribution is 5.43. The molecule has 15 heavy (non-hydrogen) atoms. The van der Waals surface area contributed by atoms with Gasteiger partial charge in [0.1, 0.15) is 5.60 Å². The maximum atomic E-state index is 10.5. The van der Waals surface area contributed by atoms with Gasteiger partial charge in [0.25, 0.3) is 0 Å². The third kappa shape index (κ3) is 1.71. The first-order valence-electron chi connectivity index (χ1n) is 5.26. The van der Waals surface area contributed by atoms with Gasteiger partial charge >= 0.3 is 0 Å². The summed E-state index contributed by atoms with van der Waals surface area (Å²) in [7, 11) is 0. The number of nitrogens with two attached hydrogens (primary N) is 1. The Morgan fingerprint density at radius 1 is 1.47 bits per heavy atom.